The second-order valence-electron chi connectivity index (χ2n) is 8.23. The Kier molecular flexibility index (Phi) is 19.0. The molecule has 0 aliphatic carbocycles. The summed E-state index contributed by atoms with van der Waals surface area (Å²) in [7, 11) is 0. The van der Waals surface area contributed by atoms with Crippen molar-refractivity contribution in [1.29, 1.82) is 0 Å². The van der Waals surface area contributed by atoms with Crippen molar-refractivity contribution in [3.8, 4) is 0 Å². The van der Waals surface area contributed by atoms with Gasteiger partial charge in [-0.3, -0.25) is 4.79 Å². The number of amides is 1. The van der Waals surface area contributed by atoms with Crippen molar-refractivity contribution < 1.29 is 23.8 Å². The van der Waals surface area contributed by atoms with Gasteiger partial charge < -0.3 is 15.2 Å². The molecule has 1 amide bonds. The van der Waals surface area contributed by atoms with Gasteiger partial charge in [-0.05, 0) is 19.8 Å². The number of aliphatic hydroxyl groups excluding tert-OH is 1. The van der Waals surface area contributed by atoms with Crippen LogP contribution in [0.15, 0.2) is 0 Å². The van der Waals surface area contributed by atoms with Gasteiger partial charge in [-0.15, -0.1) is 0 Å². The van der Waals surface area contributed by atoms with Crippen molar-refractivity contribution >= 4 is 11.9 Å². The molecule has 0 aromatic rings. The number of esters is 1. The fourth-order valence-electron chi connectivity index (χ4n) is 3.55. The molecule has 0 unspecified atom stereocenters. The van der Waals surface area contributed by atoms with Gasteiger partial charge >= 0.3 is 5.97 Å². The SMILES string of the molecule is CCCCCCCCCCCCCC[C@@H](F)[C@@H](O)[C@@H](NC(=O)CCC)C(=O)OCC. The average molecular weight is 432 g/mol. The molecule has 0 spiro atoms. The van der Waals surface area contributed by atoms with Crippen molar-refractivity contribution in [1.82, 2.24) is 5.32 Å². The molecule has 2 N–H and O–H groups in total. The lowest BCUT2D eigenvalue weighted by Crippen LogP contribution is -2.52. The average Bonchev–Trinajstić information content (AvgIpc) is 2.72. The van der Waals surface area contributed by atoms with E-state index in [1.807, 2.05) is 6.92 Å². The van der Waals surface area contributed by atoms with Gasteiger partial charge in [0.25, 0.3) is 0 Å². The van der Waals surface area contributed by atoms with E-state index >= 15 is 0 Å². The normalized spacial score (nSPS) is 14.2. The third kappa shape index (κ3) is 14.8. The number of hydrogen-bond acceptors (Lipinski definition) is 4. The van der Waals surface area contributed by atoms with E-state index in [9.17, 15) is 19.1 Å². The number of hydrogen-bond donors (Lipinski definition) is 2. The van der Waals surface area contributed by atoms with Gasteiger partial charge in [0.05, 0.1) is 6.61 Å². The second kappa shape index (κ2) is 19.8. The van der Waals surface area contributed by atoms with Gasteiger partial charge in [0.15, 0.2) is 6.04 Å². The standard InChI is InChI=1S/C24H46FNO4/c1-4-7-8-9-10-11-12-13-14-15-16-17-19-20(25)23(28)22(24(29)30-6-3)26-21(27)18-5-2/h20,22-23,28H,4-19H2,1-3H3,(H,26,27)/t20-,22-,23-/m1/s1. The molecule has 0 aromatic carbocycles. The van der Waals surface area contributed by atoms with Crippen molar-refractivity contribution in [2.75, 3.05) is 6.61 Å². The number of carbonyl (C=O) groups is 2. The van der Waals surface area contributed by atoms with Crippen molar-refractivity contribution in [3.63, 3.8) is 0 Å². The maximum absolute atomic E-state index is 14.5. The Hall–Kier alpha value is -1.17. The predicted molar refractivity (Wildman–Crippen MR) is 120 cm³/mol. The first-order valence-electron chi connectivity index (χ1n) is 12.3. The van der Waals surface area contributed by atoms with Crippen LogP contribution in [0.5, 0.6) is 0 Å². The largest absolute Gasteiger partial charge is 0.464 e. The molecule has 0 heterocycles. The number of carbonyl (C=O) groups excluding carboxylic acids is 2. The Morgan fingerprint density at radius 2 is 1.33 bits per heavy atom. The monoisotopic (exact) mass is 431 g/mol. The van der Waals surface area contributed by atoms with Crippen LogP contribution in [-0.2, 0) is 14.3 Å². The van der Waals surface area contributed by atoms with Crippen LogP contribution in [-0.4, -0.2) is 41.9 Å². The minimum Gasteiger partial charge on any atom is -0.464 e. The summed E-state index contributed by atoms with van der Waals surface area (Å²) in [6, 6.07) is -1.35. The first kappa shape index (κ1) is 28.8. The molecule has 0 saturated carbocycles. The van der Waals surface area contributed by atoms with Crippen LogP contribution in [0.3, 0.4) is 0 Å². The summed E-state index contributed by atoms with van der Waals surface area (Å²) in [6.45, 7) is 5.81. The molecule has 6 heteroatoms. The Bertz CT molecular complexity index is 433. The van der Waals surface area contributed by atoms with E-state index in [2.05, 4.69) is 12.2 Å². The van der Waals surface area contributed by atoms with E-state index in [1.165, 1.54) is 51.4 Å². The molecule has 0 aliphatic rings. The van der Waals surface area contributed by atoms with E-state index in [0.717, 1.165) is 19.3 Å². The summed E-state index contributed by atoms with van der Waals surface area (Å²) in [5, 5.41) is 12.7. The van der Waals surface area contributed by atoms with E-state index in [-0.39, 0.29) is 25.4 Å². The minimum atomic E-state index is -1.59. The zero-order valence-corrected chi connectivity index (χ0v) is 19.6. The molecule has 5 nitrogen and oxygen atoms in total. The molecule has 0 bridgehead atoms. The van der Waals surface area contributed by atoms with E-state index < -0.39 is 24.3 Å². The molecule has 0 aliphatic heterocycles. The molecular weight excluding hydrogens is 385 g/mol. The van der Waals surface area contributed by atoms with Crippen molar-refractivity contribution in [2.24, 2.45) is 0 Å². The number of aliphatic hydroxyl groups is 1. The number of rotatable bonds is 20. The van der Waals surface area contributed by atoms with E-state index in [0.29, 0.717) is 12.8 Å². The molecule has 0 aromatic heterocycles. The Morgan fingerprint density at radius 3 is 1.80 bits per heavy atom. The first-order chi connectivity index (χ1) is 14.5. The van der Waals surface area contributed by atoms with E-state index in [4.69, 9.17) is 4.74 Å². The zero-order valence-electron chi connectivity index (χ0n) is 19.6. The maximum Gasteiger partial charge on any atom is 0.331 e. The van der Waals surface area contributed by atoms with Crippen LogP contribution >= 0.6 is 0 Å². The fourth-order valence-corrected chi connectivity index (χ4v) is 3.55. The quantitative estimate of drug-likeness (QED) is 0.194. The lowest BCUT2D eigenvalue weighted by molar-refractivity contribution is -0.152. The number of ether oxygens (including phenoxy) is 1. The van der Waals surface area contributed by atoms with Gasteiger partial charge in [-0.25, -0.2) is 9.18 Å². The molecular formula is C24H46FNO4. The molecule has 0 fully saturated rings. The van der Waals surface area contributed by atoms with Crippen LogP contribution < -0.4 is 5.32 Å². The zero-order chi connectivity index (χ0) is 22.6. The second-order valence-corrected chi connectivity index (χ2v) is 8.23. The van der Waals surface area contributed by atoms with Gasteiger partial charge in [0.2, 0.25) is 5.91 Å². The molecule has 30 heavy (non-hydrogen) atoms. The highest BCUT2D eigenvalue weighted by Crippen LogP contribution is 2.17. The number of halogens is 1. The highest BCUT2D eigenvalue weighted by molar-refractivity contribution is 5.85. The molecule has 178 valence electrons. The summed E-state index contributed by atoms with van der Waals surface area (Å²) in [5.74, 6) is -1.17. The van der Waals surface area contributed by atoms with E-state index in [1.54, 1.807) is 6.92 Å². The predicted octanol–water partition coefficient (Wildman–Crippen LogP) is 5.62. The summed E-state index contributed by atoms with van der Waals surface area (Å²) >= 11 is 0. The molecule has 0 rings (SSSR count). The minimum absolute atomic E-state index is 0.112. The topological polar surface area (TPSA) is 75.6 Å². The summed E-state index contributed by atoms with van der Waals surface area (Å²) in [5.41, 5.74) is 0. The van der Waals surface area contributed by atoms with Gasteiger partial charge in [0.1, 0.15) is 12.3 Å². The summed E-state index contributed by atoms with van der Waals surface area (Å²) < 4.78 is 19.4. The smallest absolute Gasteiger partial charge is 0.331 e. The van der Waals surface area contributed by atoms with Gasteiger partial charge in [-0.2, -0.15) is 0 Å². The van der Waals surface area contributed by atoms with Crippen molar-refractivity contribution in [2.45, 2.75) is 135 Å². The van der Waals surface area contributed by atoms with Crippen LogP contribution in [0.2, 0.25) is 0 Å². The first-order valence-corrected chi connectivity index (χ1v) is 12.3. The Morgan fingerprint density at radius 1 is 0.833 bits per heavy atom. The van der Waals surface area contributed by atoms with Crippen LogP contribution in [0.4, 0.5) is 4.39 Å². The number of alkyl halides is 1. The Labute approximate surface area is 183 Å². The Balaban J connectivity index is 4.03. The number of unbranched alkanes of at least 4 members (excludes halogenated alkanes) is 11. The third-order valence-electron chi connectivity index (χ3n) is 5.38. The highest BCUT2D eigenvalue weighted by Gasteiger charge is 2.35. The third-order valence-corrected chi connectivity index (χ3v) is 5.38. The fraction of sp³-hybridized carbons (Fsp3) is 0.917. The molecule has 0 saturated heterocycles. The molecule has 0 radical (unpaired) electrons. The van der Waals surface area contributed by atoms with Crippen LogP contribution in [0, 0.1) is 0 Å². The molecule has 3 atom stereocenters. The lowest BCUT2D eigenvalue weighted by atomic mass is 9.99. The van der Waals surface area contributed by atoms with Crippen LogP contribution in [0.1, 0.15) is 117 Å². The lowest BCUT2D eigenvalue weighted by Gasteiger charge is -2.25. The summed E-state index contributed by atoms with van der Waals surface area (Å²) in [4.78, 5) is 23.9. The van der Waals surface area contributed by atoms with Crippen LogP contribution in [0.25, 0.3) is 0 Å². The van der Waals surface area contributed by atoms with Gasteiger partial charge in [-0.1, -0.05) is 90.9 Å². The summed E-state index contributed by atoms with van der Waals surface area (Å²) in [6.07, 6.45) is 12.1. The van der Waals surface area contributed by atoms with Gasteiger partial charge in [0, 0.05) is 6.42 Å². The maximum atomic E-state index is 14.5. The number of nitrogens with one attached hydrogen (secondary N) is 1. The highest BCUT2D eigenvalue weighted by atomic mass is 19.1. The van der Waals surface area contributed by atoms with Crippen molar-refractivity contribution in [3.05, 3.63) is 0 Å².